The fourth-order valence-electron chi connectivity index (χ4n) is 1.81. The first kappa shape index (κ1) is 9.96. The van der Waals surface area contributed by atoms with Crippen LogP contribution < -0.4 is 0 Å². The van der Waals surface area contributed by atoms with E-state index in [1.807, 2.05) is 19.0 Å². The molecule has 3 nitrogen and oxygen atoms in total. The van der Waals surface area contributed by atoms with E-state index in [4.69, 9.17) is 0 Å². The summed E-state index contributed by atoms with van der Waals surface area (Å²) in [6, 6.07) is 0. The van der Waals surface area contributed by atoms with E-state index in [2.05, 4.69) is 11.9 Å². The molecular formula is C9H20N2O. The van der Waals surface area contributed by atoms with Crippen LogP contribution >= 0.6 is 0 Å². The minimum absolute atomic E-state index is 0.148. The van der Waals surface area contributed by atoms with Crippen LogP contribution in [0.1, 0.15) is 6.42 Å². The Labute approximate surface area is 75.0 Å². The maximum Gasteiger partial charge on any atom is 0.0707 e. The van der Waals surface area contributed by atoms with Gasteiger partial charge in [-0.3, -0.25) is 0 Å². The molecule has 2 atom stereocenters. The molecule has 3 heteroatoms. The summed E-state index contributed by atoms with van der Waals surface area (Å²) in [4.78, 5) is 4.33. The monoisotopic (exact) mass is 172 g/mol. The van der Waals surface area contributed by atoms with Gasteiger partial charge in [-0.2, -0.15) is 0 Å². The molecule has 1 heterocycles. The van der Waals surface area contributed by atoms with E-state index in [1.165, 1.54) is 0 Å². The maximum absolute atomic E-state index is 9.77. The number of likely N-dealkylation sites (tertiary alicyclic amines) is 1. The Morgan fingerprint density at radius 2 is 2.25 bits per heavy atom. The minimum Gasteiger partial charge on any atom is -0.391 e. The Hall–Kier alpha value is -0.120. The lowest BCUT2D eigenvalue weighted by Gasteiger charge is -2.21. The second kappa shape index (κ2) is 4.21. The highest BCUT2D eigenvalue weighted by molar-refractivity contribution is 4.79. The van der Waals surface area contributed by atoms with Crippen molar-refractivity contribution in [1.82, 2.24) is 9.80 Å². The lowest BCUT2D eigenvalue weighted by Crippen LogP contribution is -2.33. The van der Waals surface area contributed by atoms with E-state index in [1.54, 1.807) is 0 Å². The summed E-state index contributed by atoms with van der Waals surface area (Å²) in [6.07, 6.45) is 0.996. The van der Waals surface area contributed by atoms with Gasteiger partial charge in [0.25, 0.3) is 0 Å². The van der Waals surface area contributed by atoms with E-state index in [9.17, 15) is 5.11 Å². The SMILES string of the molecule is CN(C)CC(O)C1CCN(C)C1. The molecule has 0 bridgehead atoms. The van der Waals surface area contributed by atoms with Crippen molar-refractivity contribution in [2.24, 2.45) is 5.92 Å². The van der Waals surface area contributed by atoms with Crippen LogP contribution in [0.15, 0.2) is 0 Å². The molecule has 1 N–H and O–H groups in total. The van der Waals surface area contributed by atoms with Crippen LogP contribution in [0.5, 0.6) is 0 Å². The van der Waals surface area contributed by atoms with Gasteiger partial charge < -0.3 is 14.9 Å². The minimum atomic E-state index is -0.148. The summed E-state index contributed by atoms with van der Waals surface area (Å²) >= 11 is 0. The lowest BCUT2D eigenvalue weighted by atomic mass is 10.0. The van der Waals surface area contributed by atoms with Gasteiger partial charge in [0, 0.05) is 13.1 Å². The van der Waals surface area contributed by atoms with Gasteiger partial charge in [-0.25, -0.2) is 0 Å². The molecule has 0 aliphatic carbocycles. The van der Waals surface area contributed by atoms with Crippen LogP contribution in [-0.2, 0) is 0 Å². The first-order valence-electron chi connectivity index (χ1n) is 4.61. The molecule has 0 amide bonds. The van der Waals surface area contributed by atoms with Crippen LogP contribution in [0.25, 0.3) is 0 Å². The summed E-state index contributed by atoms with van der Waals surface area (Å²) in [5.74, 6) is 0.484. The number of aliphatic hydroxyl groups is 1. The molecule has 0 saturated carbocycles. The van der Waals surface area contributed by atoms with E-state index in [0.717, 1.165) is 26.1 Å². The molecule has 1 rings (SSSR count). The van der Waals surface area contributed by atoms with Crippen molar-refractivity contribution < 1.29 is 5.11 Å². The molecule has 1 aliphatic rings. The number of nitrogens with zero attached hydrogens (tertiary/aromatic N) is 2. The van der Waals surface area contributed by atoms with Crippen LogP contribution in [0.3, 0.4) is 0 Å². The van der Waals surface area contributed by atoms with Crippen LogP contribution in [-0.4, -0.2) is 61.8 Å². The standard InChI is InChI=1S/C9H20N2O/c1-10(2)7-9(12)8-4-5-11(3)6-8/h8-9,12H,4-7H2,1-3H3. The Kier molecular flexibility index (Phi) is 3.50. The van der Waals surface area contributed by atoms with Gasteiger partial charge in [-0.1, -0.05) is 0 Å². The zero-order valence-electron chi connectivity index (χ0n) is 8.32. The van der Waals surface area contributed by atoms with E-state index in [-0.39, 0.29) is 6.10 Å². The Balaban J connectivity index is 2.28. The van der Waals surface area contributed by atoms with Crippen LogP contribution in [0.4, 0.5) is 0 Å². The van der Waals surface area contributed by atoms with Gasteiger partial charge in [-0.05, 0) is 40.0 Å². The van der Waals surface area contributed by atoms with E-state index >= 15 is 0 Å². The van der Waals surface area contributed by atoms with E-state index in [0.29, 0.717) is 5.92 Å². The van der Waals surface area contributed by atoms with Crippen LogP contribution in [0.2, 0.25) is 0 Å². The number of hydrogen-bond donors (Lipinski definition) is 1. The molecule has 0 aromatic rings. The number of hydrogen-bond acceptors (Lipinski definition) is 3. The molecule has 0 aromatic heterocycles. The molecule has 1 aliphatic heterocycles. The van der Waals surface area contributed by atoms with E-state index < -0.39 is 0 Å². The molecule has 0 radical (unpaired) electrons. The highest BCUT2D eigenvalue weighted by Gasteiger charge is 2.26. The Morgan fingerprint density at radius 3 is 2.67 bits per heavy atom. The fourth-order valence-corrected chi connectivity index (χ4v) is 1.81. The topological polar surface area (TPSA) is 26.7 Å². The van der Waals surface area contributed by atoms with Gasteiger partial charge in [0.15, 0.2) is 0 Å². The summed E-state index contributed by atoms with van der Waals surface area (Å²) in [7, 11) is 6.12. The van der Waals surface area contributed by atoms with Gasteiger partial charge in [0.05, 0.1) is 6.10 Å². The number of aliphatic hydroxyl groups excluding tert-OH is 1. The first-order chi connectivity index (χ1) is 5.59. The van der Waals surface area contributed by atoms with Crippen molar-refractivity contribution in [3.8, 4) is 0 Å². The fraction of sp³-hybridized carbons (Fsp3) is 1.00. The third kappa shape index (κ3) is 2.73. The summed E-state index contributed by atoms with van der Waals surface area (Å²) in [6.45, 7) is 2.97. The maximum atomic E-state index is 9.77. The second-order valence-electron chi connectivity index (χ2n) is 4.14. The predicted octanol–water partition coefficient (Wildman–Crippen LogP) is -0.139. The zero-order chi connectivity index (χ0) is 9.14. The molecule has 1 saturated heterocycles. The van der Waals surface area contributed by atoms with Crippen molar-refractivity contribution in [3.63, 3.8) is 0 Å². The quantitative estimate of drug-likeness (QED) is 0.642. The highest BCUT2D eigenvalue weighted by Crippen LogP contribution is 2.18. The molecule has 0 spiro atoms. The average molecular weight is 172 g/mol. The molecule has 12 heavy (non-hydrogen) atoms. The second-order valence-corrected chi connectivity index (χ2v) is 4.14. The summed E-state index contributed by atoms with van der Waals surface area (Å²) in [5, 5.41) is 9.77. The molecule has 72 valence electrons. The summed E-state index contributed by atoms with van der Waals surface area (Å²) < 4.78 is 0. The van der Waals surface area contributed by atoms with Gasteiger partial charge in [0.1, 0.15) is 0 Å². The smallest absolute Gasteiger partial charge is 0.0707 e. The van der Waals surface area contributed by atoms with Crippen molar-refractivity contribution in [2.75, 3.05) is 40.8 Å². The highest BCUT2D eigenvalue weighted by atomic mass is 16.3. The molecule has 0 aromatic carbocycles. The number of likely N-dealkylation sites (N-methyl/N-ethyl adjacent to an activating group) is 1. The third-order valence-electron chi connectivity index (χ3n) is 2.52. The van der Waals surface area contributed by atoms with Gasteiger partial charge >= 0.3 is 0 Å². The Morgan fingerprint density at radius 1 is 1.58 bits per heavy atom. The third-order valence-corrected chi connectivity index (χ3v) is 2.52. The van der Waals surface area contributed by atoms with Crippen molar-refractivity contribution >= 4 is 0 Å². The van der Waals surface area contributed by atoms with Crippen molar-refractivity contribution in [2.45, 2.75) is 12.5 Å². The molecule has 1 fully saturated rings. The largest absolute Gasteiger partial charge is 0.391 e. The zero-order valence-corrected chi connectivity index (χ0v) is 8.32. The average Bonchev–Trinajstić information content (AvgIpc) is 2.34. The molecule has 2 unspecified atom stereocenters. The van der Waals surface area contributed by atoms with Crippen LogP contribution in [0, 0.1) is 5.92 Å². The lowest BCUT2D eigenvalue weighted by molar-refractivity contribution is 0.0836. The van der Waals surface area contributed by atoms with Gasteiger partial charge in [0.2, 0.25) is 0 Å². The first-order valence-corrected chi connectivity index (χ1v) is 4.61. The van der Waals surface area contributed by atoms with Crippen molar-refractivity contribution in [3.05, 3.63) is 0 Å². The molecular weight excluding hydrogens is 152 g/mol. The normalized spacial score (nSPS) is 28.2. The van der Waals surface area contributed by atoms with Gasteiger partial charge in [-0.15, -0.1) is 0 Å². The Bertz CT molecular complexity index is 138. The number of rotatable bonds is 3. The predicted molar refractivity (Wildman–Crippen MR) is 50.2 cm³/mol. The van der Waals surface area contributed by atoms with Crippen molar-refractivity contribution in [1.29, 1.82) is 0 Å². The summed E-state index contributed by atoms with van der Waals surface area (Å²) in [5.41, 5.74) is 0.